The number of aromatic nitrogens is 4. The van der Waals surface area contributed by atoms with Gasteiger partial charge in [0.05, 0.1) is 0 Å². The van der Waals surface area contributed by atoms with E-state index in [0.29, 0.717) is 24.2 Å². The number of unbranched alkanes of at least 4 members (excludes halogenated alkanes) is 3. The zero-order valence-electron chi connectivity index (χ0n) is 21.2. The molecular weight excluding hydrogens is 444 g/mol. The Morgan fingerprint density at radius 3 is 2.37 bits per heavy atom. The third kappa shape index (κ3) is 6.32. The Bertz CT molecular complexity index is 1090. The molecule has 188 valence electrons. The predicted molar refractivity (Wildman–Crippen MR) is 134 cm³/mol. The van der Waals surface area contributed by atoms with Crippen LogP contribution >= 0.6 is 0 Å². The molecule has 0 aliphatic rings. The third-order valence-electron chi connectivity index (χ3n) is 6.22. The maximum absolute atomic E-state index is 11.5. The Morgan fingerprint density at radius 1 is 1.03 bits per heavy atom. The molecule has 0 saturated carbocycles. The molecule has 2 heterocycles. The minimum Gasteiger partial charge on any atom is -0.476 e. The van der Waals surface area contributed by atoms with E-state index in [4.69, 9.17) is 19.6 Å². The van der Waals surface area contributed by atoms with Gasteiger partial charge >= 0.3 is 5.97 Å². The van der Waals surface area contributed by atoms with Gasteiger partial charge in [-0.1, -0.05) is 63.4 Å². The van der Waals surface area contributed by atoms with Crippen molar-refractivity contribution < 1.29 is 19.4 Å². The number of carboxylic acids is 1. The fourth-order valence-electron chi connectivity index (χ4n) is 4.14. The number of ether oxygens (including phenoxy) is 2. The first-order valence-corrected chi connectivity index (χ1v) is 12.3. The highest BCUT2D eigenvalue weighted by Gasteiger charge is 2.37. The van der Waals surface area contributed by atoms with Crippen LogP contribution < -0.4 is 0 Å². The van der Waals surface area contributed by atoms with E-state index in [0.717, 1.165) is 55.6 Å². The molecule has 3 aromatic rings. The van der Waals surface area contributed by atoms with Crippen molar-refractivity contribution in [1.29, 1.82) is 0 Å². The summed E-state index contributed by atoms with van der Waals surface area (Å²) in [4.78, 5) is 20.4. The van der Waals surface area contributed by atoms with Crippen molar-refractivity contribution in [2.75, 3.05) is 14.2 Å². The van der Waals surface area contributed by atoms with Crippen molar-refractivity contribution in [2.45, 2.75) is 71.1 Å². The van der Waals surface area contributed by atoms with Gasteiger partial charge in [0.15, 0.2) is 5.69 Å². The lowest BCUT2D eigenvalue weighted by atomic mass is 10.0. The largest absolute Gasteiger partial charge is 0.476 e. The van der Waals surface area contributed by atoms with Crippen LogP contribution in [0.25, 0.3) is 11.1 Å². The molecule has 0 saturated heterocycles. The molecule has 8 nitrogen and oxygen atoms in total. The number of methoxy groups -OCH3 is 2. The lowest BCUT2D eigenvalue weighted by molar-refractivity contribution is -0.226. The summed E-state index contributed by atoms with van der Waals surface area (Å²) in [6.07, 6.45) is 7.99. The average Bonchev–Trinajstić information content (AvgIpc) is 3.28. The topological polar surface area (TPSA) is 99.4 Å². The second-order valence-corrected chi connectivity index (χ2v) is 8.63. The molecule has 2 aromatic heterocycles. The summed E-state index contributed by atoms with van der Waals surface area (Å²) in [5.74, 6) is -0.592. The summed E-state index contributed by atoms with van der Waals surface area (Å²) < 4.78 is 13.6. The fraction of sp³-hybridized carbons (Fsp3) is 0.481. The average molecular weight is 481 g/mol. The van der Waals surface area contributed by atoms with Gasteiger partial charge in [-0.15, -0.1) is 0 Å². The van der Waals surface area contributed by atoms with Crippen LogP contribution in [0.3, 0.4) is 0 Å². The third-order valence-corrected chi connectivity index (χ3v) is 6.22. The molecule has 0 amide bonds. The number of hydrogen-bond donors (Lipinski definition) is 1. The van der Waals surface area contributed by atoms with Crippen LogP contribution in [0.15, 0.2) is 42.6 Å². The summed E-state index contributed by atoms with van der Waals surface area (Å²) in [5.41, 5.74) is 2.50. The lowest BCUT2D eigenvalue weighted by Crippen LogP contribution is -2.32. The molecular formula is C27H36N4O4. The molecule has 0 aliphatic carbocycles. The Morgan fingerprint density at radius 2 is 1.74 bits per heavy atom. The normalized spacial score (nSPS) is 11.7. The number of rotatable bonds is 14. The molecule has 1 N–H and O–H groups in total. The van der Waals surface area contributed by atoms with Crippen molar-refractivity contribution in [1.82, 2.24) is 19.7 Å². The molecule has 0 atom stereocenters. The van der Waals surface area contributed by atoms with Gasteiger partial charge in [-0.2, -0.15) is 5.10 Å². The first-order chi connectivity index (χ1) is 17.0. The van der Waals surface area contributed by atoms with Gasteiger partial charge in [0.2, 0.25) is 11.6 Å². The van der Waals surface area contributed by atoms with E-state index >= 15 is 0 Å². The number of aromatic carboxylic acids is 1. The highest BCUT2D eigenvalue weighted by Crippen LogP contribution is 2.30. The molecule has 0 bridgehead atoms. The van der Waals surface area contributed by atoms with Crippen molar-refractivity contribution in [3.63, 3.8) is 0 Å². The zero-order chi connectivity index (χ0) is 25.3. The van der Waals surface area contributed by atoms with Gasteiger partial charge in [0.1, 0.15) is 5.82 Å². The maximum atomic E-state index is 11.5. The summed E-state index contributed by atoms with van der Waals surface area (Å²) in [7, 11) is 3.28. The van der Waals surface area contributed by atoms with Crippen LogP contribution in [0, 0.1) is 0 Å². The second kappa shape index (κ2) is 12.6. The highest BCUT2D eigenvalue weighted by molar-refractivity contribution is 5.93. The van der Waals surface area contributed by atoms with Crippen molar-refractivity contribution in [2.24, 2.45) is 0 Å². The molecule has 0 aliphatic heterocycles. The fourth-order valence-corrected chi connectivity index (χ4v) is 4.14. The number of aryl methyl sites for hydroxylation is 1. The Balaban J connectivity index is 1.90. The zero-order valence-corrected chi connectivity index (χ0v) is 21.2. The molecule has 0 unspecified atom stereocenters. The van der Waals surface area contributed by atoms with E-state index in [1.54, 1.807) is 26.4 Å². The summed E-state index contributed by atoms with van der Waals surface area (Å²) in [6.45, 7) is 5.09. The van der Waals surface area contributed by atoms with Crippen molar-refractivity contribution >= 4 is 5.97 Å². The van der Waals surface area contributed by atoms with Crippen LogP contribution in [0.5, 0.6) is 0 Å². The Labute approximate surface area is 207 Å². The minimum atomic E-state index is -1.04. The predicted octanol–water partition coefficient (Wildman–Crippen LogP) is 5.46. The number of nitrogens with zero attached hydrogens (tertiary/aromatic N) is 4. The molecule has 8 heteroatoms. The van der Waals surface area contributed by atoms with Gasteiger partial charge in [-0.25, -0.2) is 19.4 Å². The number of carbonyl (C=O) groups is 1. The molecule has 3 rings (SSSR count). The smallest absolute Gasteiger partial charge is 0.355 e. The van der Waals surface area contributed by atoms with Crippen LogP contribution in [0.1, 0.15) is 80.1 Å². The van der Waals surface area contributed by atoms with E-state index in [1.807, 2.05) is 28.9 Å². The van der Waals surface area contributed by atoms with Gasteiger partial charge in [-0.05, 0) is 30.0 Å². The SMILES string of the molecule is CCCCCn1nc(C(CCCC)(OC)OC)nc1Cc1ccc(-c2cccnc2C(=O)O)cc1. The van der Waals surface area contributed by atoms with E-state index in [-0.39, 0.29) is 5.69 Å². The van der Waals surface area contributed by atoms with Crippen molar-refractivity contribution in [3.05, 3.63) is 65.5 Å². The maximum Gasteiger partial charge on any atom is 0.355 e. The van der Waals surface area contributed by atoms with Crippen molar-refractivity contribution in [3.8, 4) is 11.1 Å². The number of benzene rings is 1. The van der Waals surface area contributed by atoms with Gasteiger partial charge in [0, 0.05) is 45.4 Å². The van der Waals surface area contributed by atoms with Gasteiger partial charge in [0.25, 0.3) is 0 Å². The molecule has 0 radical (unpaired) electrons. The van der Waals surface area contributed by atoms with Crippen LogP contribution in [0.4, 0.5) is 0 Å². The molecule has 1 aromatic carbocycles. The Hall–Kier alpha value is -3.10. The van der Waals surface area contributed by atoms with E-state index in [2.05, 4.69) is 18.8 Å². The van der Waals surface area contributed by atoms with Crippen LogP contribution in [-0.2, 0) is 28.2 Å². The van der Waals surface area contributed by atoms with E-state index < -0.39 is 11.8 Å². The van der Waals surface area contributed by atoms with Crippen LogP contribution in [0.2, 0.25) is 0 Å². The van der Waals surface area contributed by atoms with E-state index in [9.17, 15) is 9.90 Å². The van der Waals surface area contributed by atoms with Crippen LogP contribution in [-0.4, -0.2) is 45.0 Å². The standard InChI is InChI=1S/C27H36N4O4/c1-5-7-9-18-31-23(29-26(30-31)27(34-3,35-4)16-8-6-2)19-20-12-14-21(15-13-20)22-11-10-17-28-24(22)25(32)33/h10-15,17H,5-9,16,18-19H2,1-4H3,(H,32,33). The highest BCUT2D eigenvalue weighted by atomic mass is 16.7. The van der Waals surface area contributed by atoms with Gasteiger partial charge in [-0.3, -0.25) is 0 Å². The molecule has 35 heavy (non-hydrogen) atoms. The Kier molecular flexibility index (Phi) is 9.51. The monoisotopic (exact) mass is 480 g/mol. The minimum absolute atomic E-state index is 0.0445. The first kappa shape index (κ1) is 26.5. The number of carboxylic acid groups (broad SMARTS) is 1. The quantitative estimate of drug-likeness (QED) is 0.242. The summed E-state index contributed by atoms with van der Waals surface area (Å²) in [5, 5.41) is 14.3. The molecule has 0 fully saturated rings. The number of hydrogen-bond acceptors (Lipinski definition) is 6. The van der Waals surface area contributed by atoms with Gasteiger partial charge < -0.3 is 14.6 Å². The number of pyridine rings is 1. The van der Waals surface area contributed by atoms with E-state index in [1.165, 1.54) is 6.20 Å². The lowest BCUT2D eigenvalue weighted by Gasteiger charge is -2.27. The summed E-state index contributed by atoms with van der Waals surface area (Å²) >= 11 is 0. The first-order valence-electron chi connectivity index (χ1n) is 12.3. The summed E-state index contributed by atoms with van der Waals surface area (Å²) in [6, 6.07) is 11.4. The second-order valence-electron chi connectivity index (χ2n) is 8.63. The molecule has 0 spiro atoms.